The molecule has 1 heterocycles. The Hall–Kier alpha value is -1.86. The maximum atomic E-state index is 12.4. The first-order valence-electron chi connectivity index (χ1n) is 6.82. The van der Waals surface area contributed by atoms with Crippen LogP contribution < -0.4 is 10.6 Å². The summed E-state index contributed by atoms with van der Waals surface area (Å²) in [5, 5.41) is 6.35. The SMILES string of the molecule is CCNC(=O)NC(=O)[C@H](Sc1nc(C)cs1)c1ccccc1. The fraction of sp³-hybridized carbons (Fsp3) is 0.267. The van der Waals surface area contributed by atoms with Gasteiger partial charge in [0.15, 0.2) is 4.34 Å². The van der Waals surface area contributed by atoms with Crippen LogP contribution in [-0.4, -0.2) is 23.5 Å². The largest absolute Gasteiger partial charge is 0.338 e. The van der Waals surface area contributed by atoms with Gasteiger partial charge in [-0.25, -0.2) is 9.78 Å². The van der Waals surface area contributed by atoms with E-state index in [1.807, 2.05) is 42.6 Å². The van der Waals surface area contributed by atoms with E-state index in [0.717, 1.165) is 15.6 Å². The Kier molecular flexibility index (Phi) is 5.97. The summed E-state index contributed by atoms with van der Waals surface area (Å²) in [4.78, 5) is 28.4. The Balaban J connectivity index is 2.18. The van der Waals surface area contributed by atoms with Crippen LogP contribution in [0.15, 0.2) is 40.1 Å². The average molecular weight is 335 g/mol. The average Bonchev–Trinajstić information content (AvgIpc) is 2.91. The highest BCUT2D eigenvalue weighted by atomic mass is 32.2. The van der Waals surface area contributed by atoms with Crippen LogP contribution in [0.2, 0.25) is 0 Å². The van der Waals surface area contributed by atoms with Crippen molar-refractivity contribution in [2.24, 2.45) is 0 Å². The van der Waals surface area contributed by atoms with E-state index in [2.05, 4.69) is 15.6 Å². The number of benzene rings is 1. The molecule has 0 radical (unpaired) electrons. The molecule has 1 aromatic carbocycles. The zero-order valence-corrected chi connectivity index (χ0v) is 14.0. The molecule has 116 valence electrons. The molecule has 2 aromatic rings. The van der Waals surface area contributed by atoms with Gasteiger partial charge in [-0.3, -0.25) is 10.1 Å². The molecule has 0 spiro atoms. The minimum absolute atomic E-state index is 0.352. The predicted molar refractivity (Wildman–Crippen MR) is 89.1 cm³/mol. The second-order valence-corrected chi connectivity index (χ2v) is 6.72. The fourth-order valence-corrected chi connectivity index (χ4v) is 3.80. The molecule has 7 heteroatoms. The number of carbonyl (C=O) groups excluding carboxylic acids is 2. The van der Waals surface area contributed by atoms with Crippen LogP contribution in [0.3, 0.4) is 0 Å². The summed E-state index contributed by atoms with van der Waals surface area (Å²) in [6, 6.07) is 8.89. The van der Waals surface area contributed by atoms with Crippen molar-refractivity contribution in [3.05, 3.63) is 47.0 Å². The molecule has 0 bridgehead atoms. The molecule has 0 aliphatic carbocycles. The number of amides is 3. The smallest absolute Gasteiger partial charge is 0.321 e. The number of imide groups is 1. The normalized spacial score (nSPS) is 11.7. The molecule has 0 unspecified atom stereocenters. The van der Waals surface area contributed by atoms with Crippen LogP contribution in [0.4, 0.5) is 4.79 Å². The Morgan fingerprint density at radius 2 is 2.05 bits per heavy atom. The van der Waals surface area contributed by atoms with E-state index in [1.54, 1.807) is 6.92 Å². The van der Waals surface area contributed by atoms with Crippen molar-refractivity contribution in [2.45, 2.75) is 23.4 Å². The summed E-state index contributed by atoms with van der Waals surface area (Å²) in [6.07, 6.45) is 0. The van der Waals surface area contributed by atoms with Crippen molar-refractivity contribution in [1.29, 1.82) is 0 Å². The van der Waals surface area contributed by atoms with Gasteiger partial charge in [0.2, 0.25) is 5.91 Å². The van der Waals surface area contributed by atoms with E-state index in [-0.39, 0.29) is 5.91 Å². The lowest BCUT2D eigenvalue weighted by molar-refractivity contribution is -0.119. The van der Waals surface area contributed by atoms with Crippen molar-refractivity contribution >= 4 is 35.0 Å². The van der Waals surface area contributed by atoms with Gasteiger partial charge in [-0.1, -0.05) is 42.1 Å². The molecule has 5 nitrogen and oxygen atoms in total. The van der Waals surface area contributed by atoms with E-state index in [0.29, 0.717) is 6.54 Å². The standard InChI is InChI=1S/C15H17N3O2S2/c1-3-16-14(20)18-13(19)12(11-7-5-4-6-8-11)22-15-17-10(2)9-21-15/h4-9,12H,3H2,1-2H3,(H2,16,18,19,20)/t12-/m1/s1. The third-order valence-electron chi connectivity index (χ3n) is 2.73. The van der Waals surface area contributed by atoms with Gasteiger partial charge < -0.3 is 5.32 Å². The molecule has 1 aromatic heterocycles. The van der Waals surface area contributed by atoms with Gasteiger partial charge in [0.05, 0.1) is 0 Å². The van der Waals surface area contributed by atoms with Crippen LogP contribution in [-0.2, 0) is 4.79 Å². The monoisotopic (exact) mass is 335 g/mol. The molecule has 0 aliphatic rings. The number of thioether (sulfide) groups is 1. The van der Waals surface area contributed by atoms with Crippen LogP contribution in [0.5, 0.6) is 0 Å². The fourth-order valence-electron chi connectivity index (χ4n) is 1.77. The zero-order chi connectivity index (χ0) is 15.9. The third kappa shape index (κ3) is 4.57. The van der Waals surface area contributed by atoms with Crippen LogP contribution in [0, 0.1) is 6.92 Å². The van der Waals surface area contributed by atoms with Crippen LogP contribution >= 0.6 is 23.1 Å². The number of hydrogen-bond acceptors (Lipinski definition) is 5. The first-order valence-corrected chi connectivity index (χ1v) is 8.58. The molecule has 3 amide bonds. The highest BCUT2D eigenvalue weighted by molar-refractivity contribution is 8.01. The number of nitrogens with one attached hydrogen (secondary N) is 2. The lowest BCUT2D eigenvalue weighted by Gasteiger charge is -2.15. The van der Waals surface area contributed by atoms with Crippen molar-refractivity contribution < 1.29 is 9.59 Å². The van der Waals surface area contributed by atoms with Crippen LogP contribution in [0.1, 0.15) is 23.4 Å². The third-order valence-corrected chi connectivity index (χ3v) is 5.08. The van der Waals surface area contributed by atoms with Crippen LogP contribution in [0.25, 0.3) is 0 Å². The number of aryl methyl sites for hydroxylation is 1. The minimum atomic E-state index is -0.519. The molecule has 0 saturated carbocycles. The summed E-state index contributed by atoms with van der Waals surface area (Å²) >= 11 is 2.84. The molecular formula is C15H17N3O2S2. The first kappa shape index (κ1) is 16.5. The van der Waals surface area contributed by atoms with Crippen molar-refractivity contribution in [2.75, 3.05) is 6.54 Å². The molecule has 2 rings (SSSR count). The summed E-state index contributed by atoms with van der Waals surface area (Å²) in [7, 11) is 0. The van der Waals surface area contributed by atoms with Crippen molar-refractivity contribution in [3.8, 4) is 0 Å². The van der Waals surface area contributed by atoms with Gasteiger partial charge in [0.1, 0.15) is 5.25 Å². The number of nitrogens with zero attached hydrogens (tertiary/aromatic N) is 1. The first-order chi connectivity index (χ1) is 10.6. The highest BCUT2D eigenvalue weighted by Crippen LogP contribution is 2.36. The lowest BCUT2D eigenvalue weighted by atomic mass is 10.1. The Morgan fingerprint density at radius 1 is 1.32 bits per heavy atom. The van der Waals surface area contributed by atoms with Gasteiger partial charge >= 0.3 is 6.03 Å². The number of aromatic nitrogens is 1. The van der Waals surface area contributed by atoms with E-state index < -0.39 is 11.3 Å². The van der Waals surface area contributed by atoms with Gasteiger partial charge in [0.25, 0.3) is 0 Å². The molecule has 22 heavy (non-hydrogen) atoms. The topological polar surface area (TPSA) is 71.1 Å². The summed E-state index contributed by atoms with van der Waals surface area (Å²) in [5.41, 5.74) is 1.76. The van der Waals surface area contributed by atoms with E-state index in [1.165, 1.54) is 23.1 Å². The van der Waals surface area contributed by atoms with Gasteiger partial charge in [-0.05, 0) is 19.4 Å². The Labute approximate surface area is 137 Å². The number of thiazole rings is 1. The molecule has 0 saturated heterocycles. The second-order valence-electron chi connectivity index (χ2n) is 4.51. The number of urea groups is 1. The molecule has 1 atom stereocenters. The van der Waals surface area contributed by atoms with Crippen molar-refractivity contribution in [3.63, 3.8) is 0 Å². The van der Waals surface area contributed by atoms with E-state index >= 15 is 0 Å². The number of carbonyl (C=O) groups is 2. The lowest BCUT2D eigenvalue weighted by Crippen LogP contribution is -2.41. The molecule has 0 fully saturated rings. The molecule has 0 aliphatic heterocycles. The Bertz CT molecular complexity index is 643. The van der Waals surface area contributed by atoms with Crippen molar-refractivity contribution in [1.82, 2.24) is 15.6 Å². The zero-order valence-electron chi connectivity index (χ0n) is 12.3. The quantitative estimate of drug-likeness (QED) is 0.824. The second kappa shape index (κ2) is 7.95. The van der Waals surface area contributed by atoms with E-state index in [9.17, 15) is 9.59 Å². The van der Waals surface area contributed by atoms with E-state index in [4.69, 9.17) is 0 Å². The van der Waals surface area contributed by atoms with Gasteiger partial charge in [0, 0.05) is 17.6 Å². The maximum Gasteiger partial charge on any atom is 0.321 e. The predicted octanol–water partition coefficient (Wildman–Crippen LogP) is 3.13. The summed E-state index contributed by atoms with van der Waals surface area (Å²) in [6.45, 7) is 4.17. The summed E-state index contributed by atoms with van der Waals surface area (Å²) < 4.78 is 0.803. The Morgan fingerprint density at radius 3 is 2.64 bits per heavy atom. The maximum absolute atomic E-state index is 12.4. The van der Waals surface area contributed by atoms with Gasteiger partial charge in [-0.2, -0.15) is 0 Å². The number of rotatable bonds is 5. The number of hydrogen-bond donors (Lipinski definition) is 2. The molecule has 2 N–H and O–H groups in total. The summed E-state index contributed by atoms with van der Waals surface area (Å²) in [5.74, 6) is -0.352. The van der Waals surface area contributed by atoms with Gasteiger partial charge in [-0.15, -0.1) is 11.3 Å². The highest BCUT2D eigenvalue weighted by Gasteiger charge is 2.24. The minimum Gasteiger partial charge on any atom is -0.338 e. The molecular weight excluding hydrogens is 318 g/mol.